The molecule has 0 aromatic rings. The van der Waals surface area contributed by atoms with Crippen LogP contribution in [-0.4, -0.2) is 75.5 Å². The van der Waals surface area contributed by atoms with Crippen molar-refractivity contribution in [2.45, 2.75) is 187 Å². The Morgan fingerprint density at radius 3 is 1.31 bits per heavy atom. The molecule has 0 rings (SSSR count). The molecule has 2 unspecified atom stereocenters. The van der Waals surface area contributed by atoms with Crippen molar-refractivity contribution in [2.75, 3.05) is 41.0 Å². The summed E-state index contributed by atoms with van der Waals surface area (Å²) in [7, 11) is 5.38. The lowest BCUT2D eigenvalue weighted by molar-refractivity contribution is -0.889. The first-order valence-electron chi connectivity index (χ1n) is 24.9. The summed E-state index contributed by atoms with van der Waals surface area (Å²) in [6, 6.07) is -0.743. The number of unbranched alkanes of at least 4 members (excludes halogenated alkanes) is 11. The third-order valence-electron chi connectivity index (χ3n) is 10.4. The van der Waals surface area contributed by atoms with E-state index in [9.17, 15) is 19.5 Å². The summed E-state index contributed by atoms with van der Waals surface area (Å²) >= 11 is 0. The third kappa shape index (κ3) is 43.3. The Hall–Kier alpha value is -4.01. The van der Waals surface area contributed by atoms with Crippen molar-refractivity contribution in [2.24, 2.45) is 0 Å². The summed E-state index contributed by atoms with van der Waals surface area (Å²) in [4.78, 5) is 37.0. The van der Waals surface area contributed by atoms with E-state index in [2.05, 4.69) is 123 Å². The Kier molecular flexibility index (Phi) is 42.7. The quantitative estimate of drug-likeness (QED) is 0.0260. The van der Waals surface area contributed by atoms with Crippen LogP contribution in [0.25, 0.3) is 0 Å². The van der Waals surface area contributed by atoms with Crippen LogP contribution in [0.3, 0.4) is 0 Å². The summed E-state index contributed by atoms with van der Waals surface area (Å²) in [6.45, 7) is 4.45. The smallest absolute Gasteiger partial charge is 0.306 e. The van der Waals surface area contributed by atoms with Gasteiger partial charge >= 0.3 is 11.9 Å². The Labute approximate surface area is 391 Å². The average molecular weight is 890 g/mol. The van der Waals surface area contributed by atoms with Crippen molar-refractivity contribution in [1.82, 2.24) is 0 Å². The van der Waals surface area contributed by atoms with E-state index >= 15 is 0 Å². The molecule has 0 bridgehead atoms. The first-order chi connectivity index (χ1) is 31.1. The van der Waals surface area contributed by atoms with Gasteiger partial charge in [-0.25, -0.2) is 0 Å². The number of allylic oxidation sites excluding steroid dienone is 18. The fourth-order valence-corrected chi connectivity index (χ4v) is 6.55. The van der Waals surface area contributed by atoms with Gasteiger partial charge in [0.2, 0.25) is 0 Å². The number of carboxylic acids is 1. The number of esters is 2. The van der Waals surface area contributed by atoms with Gasteiger partial charge in [0.15, 0.2) is 6.10 Å². The van der Waals surface area contributed by atoms with Gasteiger partial charge in [0, 0.05) is 19.3 Å². The molecule has 64 heavy (non-hydrogen) atoms. The normalized spacial score (nSPS) is 13.8. The molecular weight excluding hydrogens is 799 g/mol. The third-order valence-corrected chi connectivity index (χ3v) is 10.4. The Balaban J connectivity index is 4.40. The minimum Gasteiger partial charge on any atom is -0.544 e. The number of aliphatic carboxylic acids is 1. The van der Waals surface area contributed by atoms with E-state index in [1.54, 1.807) is 21.1 Å². The molecule has 362 valence electrons. The van der Waals surface area contributed by atoms with Crippen molar-refractivity contribution in [3.63, 3.8) is 0 Å². The predicted molar refractivity (Wildman–Crippen MR) is 268 cm³/mol. The maximum atomic E-state index is 12.8. The van der Waals surface area contributed by atoms with Crippen LogP contribution >= 0.6 is 0 Å². The summed E-state index contributed by atoms with van der Waals surface area (Å²) in [5, 5.41) is 11.7. The maximum Gasteiger partial charge on any atom is 0.306 e. The molecule has 0 aliphatic heterocycles. The van der Waals surface area contributed by atoms with Gasteiger partial charge in [0.05, 0.1) is 40.3 Å². The van der Waals surface area contributed by atoms with Gasteiger partial charge in [-0.15, -0.1) is 0 Å². The maximum absolute atomic E-state index is 12.8. The zero-order chi connectivity index (χ0) is 47.0. The van der Waals surface area contributed by atoms with Crippen molar-refractivity contribution in [3.8, 4) is 0 Å². The molecule has 2 atom stereocenters. The van der Waals surface area contributed by atoms with Gasteiger partial charge in [-0.2, -0.15) is 0 Å². The number of ether oxygens (including phenoxy) is 3. The van der Waals surface area contributed by atoms with Crippen LogP contribution in [0.2, 0.25) is 0 Å². The monoisotopic (exact) mass is 890 g/mol. The predicted octanol–water partition coefficient (Wildman–Crippen LogP) is 13.1. The van der Waals surface area contributed by atoms with E-state index in [1.165, 1.54) is 25.7 Å². The molecule has 0 heterocycles. The highest BCUT2D eigenvalue weighted by Crippen LogP contribution is 2.12. The van der Waals surface area contributed by atoms with E-state index in [1.807, 2.05) is 0 Å². The zero-order valence-corrected chi connectivity index (χ0v) is 41.2. The summed E-state index contributed by atoms with van der Waals surface area (Å²) in [6.07, 6.45) is 62.6. The second-order valence-corrected chi connectivity index (χ2v) is 17.3. The van der Waals surface area contributed by atoms with Crippen molar-refractivity contribution in [1.29, 1.82) is 0 Å². The number of nitrogens with zero attached hydrogens (tertiary/aromatic N) is 1. The number of rotatable bonds is 43. The van der Waals surface area contributed by atoms with Crippen LogP contribution in [0.4, 0.5) is 0 Å². The molecule has 0 radical (unpaired) electrons. The van der Waals surface area contributed by atoms with Gasteiger partial charge in [-0.05, 0) is 103 Å². The topological polar surface area (TPSA) is 102 Å². The summed E-state index contributed by atoms with van der Waals surface area (Å²) < 4.78 is 17.2. The first kappa shape index (κ1) is 60.0. The molecule has 0 aromatic heterocycles. The van der Waals surface area contributed by atoms with Gasteiger partial charge in [0.25, 0.3) is 0 Å². The van der Waals surface area contributed by atoms with Crippen LogP contribution in [0, 0.1) is 0 Å². The fourth-order valence-electron chi connectivity index (χ4n) is 6.55. The highest BCUT2D eigenvalue weighted by Gasteiger charge is 2.25. The van der Waals surface area contributed by atoms with Crippen LogP contribution < -0.4 is 5.11 Å². The summed E-state index contributed by atoms with van der Waals surface area (Å²) in [5.74, 6) is -1.82. The number of likely N-dealkylation sites (N-methyl/N-ethyl adjacent to an activating group) is 1. The van der Waals surface area contributed by atoms with E-state index in [0.29, 0.717) is 12.8 Å². The molecule has 0 aliphatic carbocycles. The van der Waals surface area contributed by atoms with Gasteiger partial charge in [0.1, 0.15) is 12.6 Å². The molecule has 0 amide bonds. The highest BCUT2D eigenvalue weighted by molar-refractivity contribution is 5.70. The minimum absolute atomic E-state index is 0.0133. The molecule has 0 aromatic carbocycles. The second kappa shape index (κ2) is 45.6. The van der Waals surface area contributed by atoms with Gasteiger partial charge in [-0.1, -0.05) is 162 Å². The Bertz CT molecular complexity index is 1410. The van der Waals surface area contributed by atoms with Crippen molar-refractivity contribution >= 4 is 17.9 Å². The lowest BCUT2D eigenvalue weighted by atomic mass is 10.1. The zero-order valence-electron chi connectivity index (χ0n) is 41.2. The molecule has 0 N–H and O–H groups in total. The fraction of sp³-hybridized carbons (Fsp3) is 0.625. The lowest BCUT2D eigenvalue weighted by Gasteiger charge is -2.34. The van der Waals surface area contributed by atoms with E-state index < -0.39 is 18.1 Å². The number of quaternary nitrogens is 1. The largest absolute Gasteiger partial charge is 0.544 e. The Morgan fingerprint density at radius 1 is 0.484 bits per heavy atom. The van der Waals surface area contributed by atoms with Crippen molar-refractivity contribution in [3.05, 3.63) is 109 Å². The number of hydrogen-bond donors (Lipinski definition) is 0. The molecule has 8 nitrogen and oxygen atoms in total. The number of hydrogen-bond acceptors (Lipinski definition) is 7. The SMILES string of the molecule is CC/C=C/C/C=C/C/C=C/C/C=C/C/C=C/CCCCCC(=O)OC(COCCC(C(=O)[O-])[N+](C)(C)C)COC(=O)CCCCCCC/C=C/C/C=C/C/C=C/C/C=C/CCCCC. The van der Waals surface area contributed by atoms with Crippen LogP contribution in [0.5, 0.6) is 0 Å². The summed E-state index contributed by atoms with van der Waals surface area (Å²) in [5.41, 5.74) is 0. The Morgan fingerprint density at radius 2 is 0.875 bits per heavy atom. The lowest BCUT2D eigenvalue weighted by Crippen LogP contribution is -2.55. The van der Waals surface area contributed by atoms with Crippen LogP contribution in [-0.2, 0) is 28.6 Å². The molecule has 8 heteroatoms. The first-order valence-corrected chi connectivity index (χ1v) is 24.9. The number of carbonyl (C=O) groups excluding carboxylic acids is 3. The second-order valence-electron chi connectivity index (χ2n) is 17.3. The van der Waals surface area contributed by atoms with E-state index in [4.69, 9.17) is 14.2 Å². The average Bonchev–Trinajstić information content (AvgIpc) is 3.26. The number of carboxylic acid groups (broad SMARTS) is 1. The highest BCUT2D eigenvalue weighted by atomic mass is 16.6. The van der Waals surface area contributed by atoms with E-state index in [-0.39, 0.29) is 49.1 Å². The minimum atomic E-state index is -1.14. The molecule has 0 saturated heterocycles. The van der Waals surface area contributed by atoms with Crippen molar-refractivity contribution < 1.29 is 38.2 Å². The standard InChI is InChI=1S/C56H91NO7/c1-6-8-10-12-14-16-18-20-22-24-26-27-29-30-32-34-36-38-40-42-44-46-54(58)63-51-52(50-62-49-48-53(56(60)61)57(3,4)5)64-55(59)47-45-43-41-39-37-35-33-31-28-25-23-21-19-17-15-13-11-9-7-2/h9,11,14-17,20-23,26-28,30-32,35,37,52-53H,6-8,10,12-13,18-19,24-25,29,33-34,36,38-51H2,1-5H3/b11-9+,16-14+,17-15+,22-20+,23-21+,27-26+,31-28+,32-30+,37-35+. The molecule has 0 aliphatic rings. The van der Waals surface area contributed by atoms with Gasteiger partial charge < -0.3 is 28.6 Å². The van der Waals surface area contributed by atoms with Gasteiger partial charge in [-0.3, -0.25) is 9.59 Å². The molecule has 0 spiro atoms. The van der Waals surface area contributed by atoms with E-state index in [0.717, 1.165) is 109 Å². The molecule has 0 saturated carbocycles. The number of carbonyl (C=O) groups is 3. The molecule has 0 fully saturated rings. The van der Waals surface area contributed by atoms with Crippen LogP contribution in [0.15, 0.2) is 109 Å². The molecular formula is C56H91NO7. The van der Waals surface area contributed by atoms with Crippen LogP contribution in [0.1, 0.15) is 174 Å².